The molecule has 0 amide bonds. The van der Waals surface area contributed by atoms with Crippen molar-refractivity contribution in [3.8, 4) is 0 Å². The quantitative estimate of drug-likeness (QED) is 0.877. The second-order valence-corrected chi connectivity index (χ2v) is 5.21. The van der Waals surface area contributed by atoms with Crippen LogP contribution in [0.3, 0.4) is 0 Å². The lowest BCUT2D eigenvalue weighted by Gasteiger charge is -2.16. The van der Waals surface area contributed by atoms with Crippen LogP contribution in [-0.2, 0) is 13.0 Å². The number of aromatic nitrogens is 2. The van der Waals surface area contributed by atoms with Crippen molar-refractivity contribution in [2.24, 2.45) is 5.92 Å². The van der Waals surface area contributed by atoms with Crippen LogP contribution in [0.1, 0.15) is 61.5 Å². The minimum atomic E-state index is -0.840. The van der Waals surface area contributed by atoms with E-state index >= 15 is 0 Å². The average Bonchev–Trinajstić information content (AvgIpc) is 2.66. The Labute approximate surface area is 102 Å². The van der Waals surface area contributed by atoms with E-state index in [0.29, 0.717) is 11.6 Å². The zero-order valence-electron chi connectivity index (χ0n) is 10.7. The summed E-state index contributed by atoms with van der Waals surface area (Å²) >= 11 is 0. The number of nitrogens with zero attached hydrogens (tertiary/aromatic N) is 2. The van der Waals surface area contributed by atoms with Crippen LogP contribution >= 0.6 is 0 Å². The highest BCUT2D eigenvalue weighted by Gasteiger charge is 2.28. The first-order chi connectivity index (χ1) is 8.02. The van der Waals surface area contributed by atoms with Gasteiger partial charge in [0, 0.05) is 18.9 Å². The van der Waals surface area contributed by atoms with E-state index in [2.05, 4.69) is 25.8 Å². The third-order valence-corrected chi connectivity index (χ3v) is 3.74. The molecule has 0 bridgehead atoms. The lowest BCUT2D eigenvalue weighted by atomic mass is 9.93. The number of rotatable bonds is 3. The summed E-state index contributed by atoms with van der Waals surface area (Å²) in [5.41, 5.74) is 1.19. The molecule has 94 valence electrons. The van der Waals surface area contributed by atoms with Gasteiger partial charge in [-0.15, -0.1) is 0 Å². The zero-order valence-corrected chi connectivity index (χ0v) is 10.7. The Morgan fingerprint density at radius 2 is 2.06 bits per heavy atom. The Bertz CT molecular complexity index is 435. The number of hydrogen-bond donors (Lipinski definition) is 1. The monoisotopic (exact) mass is 236 g/mol. The number of imidazole rings is 1. The maximum absolute atomic E-state index is 11.4. The maximum atomic E-state index is 11.4. The fourth-order valence-electron chi connectivity index (χ4n) is 2.36. The van der Waals surface area contributed by atoms with Crippen LogP contribution in [-0.4, -0.2) is 20.6 Å². The van der Waals surface area contributed by atoms with E-state index in [9.17, 15) is 9.90 Å². The molecule has 2 rings (SSSR count). The van der Waals surface area contributed by atoms with Gasteiger partial charge >= 0.3 is 5.97 Å². The highest BCUT2D eigenvalue weighted by atomic mass is 16.4. The molecule has 2 heterocycles. The molecule has 1 atom stereocenters. The van der Waals surface area contributed by atoms with Crippen molar-refractivity contribution in [1.29, 1.82) is 0 Å². The molecule has 0 saturated carbocycles. The van der Waals surface area contributed by atoms with Gasteiger partial charge in [-0.1, -0.05) is 20.8 Å². The van der Waals surface area contributed by atoms with Gasteiger partial charge in [0.25, 0.3) is 0 Å². The number of aryl methyl sites for hydroxylation is 1. The van der Waals surface area contributed by atoms with Gasteiger partial charge < -0.3 is 9.67 Å². The smallest absolute Gasteiger partial charge is 0.354 e. The van der Waals surface area contributed by atoms with Gasteiger partial charge in [-0.3, -0.25) is 0 Å². The molecule has 0 radical (unpaired) electrons. The van der Waals surface area contributed by atoms with E-state index in [-0.39, 0.29) is 5.92 Å². The Morgan fingerprint density at radius 3 is 2.65 bits per heavy atom. The number of fused-ring (bicyclic) bond motifs is 1. The third kappa shape index (κ3) is 2.08. The average molecular weight is 236 g/mol. The van der Waals surface area contributed by atoms with Crippen LogP contribution in [0.4, 0.5) is 0 Å². The molecule has 0 aliphatic carbocycles. The second kappa shape index (κ2) is 4.51. The largest absolute Gasteiger partial charge is 0.477 e. The van der Waals surface area contributed by atoms with Crippen molar-refractivity contribution in [1.82, 2.24) is 9.55 Å². The molecule has 17 heavy (non-hydrogen) atoms. The van der Waals surface area contributed by atoms with Crippen LogP contribution in [0, 0.1) is 5.92 Å². The summed E-state index contributed by atoms with van der Waals surface area (Å²) in [4.78, 5) is 16.0. The number of hydrogen-bond acceptors (Lipinski definition) is 2. The SMILES string of the molecule is CC(C)[C@H](C)c1nc2n(c1C(=O)O)CCCC2. The Hall–Kier alpha value is -1.32. The van der Waals surface area contributed by atoms with E-state index in [1.807, 2.05) is 4.57 Å². The maximum Gasteiger partial charge on any atom is 0.354 e. The summed E-state index contributed by atoms with van der Waals surface area (Å²) in [6.07, 6.45) is 3.08. The van der Waals surface area contributed by atoms with Crippen LogP contribution in [0.2, 0.25) is 0 Å². The number of carboxylic acid groups (broad SMARTS) is 1. The van der Waals surface area contributed by atoms with Crippen LogP contribution in [0.15, 0.2) is 0 Å². The van der Waals surface area contributed by atoms with Crippen molar-refractivity contribution in [3.05, 3.63) is 17.2 Å². The van der Waals surface area contributed by atoms with Crippen LogP contribution < -0.4 is 0 Å². The van der Waals surface area contributed by atoms with Crippen LogP contribution in [0.25, 0.3) is 0 Å². The van der Waals surface area contributed by atoms with E-state index in [1.54, 1.807) is 0 Å². The molecule has 1 N–H and O–H groups in total. The molecular formula is C13H20N2O2. The van der Waals surface area contributed by atoms with E-state index in [0.717, 1.165) is 37.3 Å². The molecule has 4 nitrogen and oxygen atoms in total. The Balaban J connectivity index is 2.51. The van der Waals surface area contributed by atoms with Gasteiger partial charge in [0.2, 0.25) is 0 Å². The van der Waals surface area contributed by atoms with Gasteiger partial charge in [-0.05, 0) is 18.8 Å². The summed E-state index contributed by atoms with van der Waals surface area (Å²) in [6.45, 7) is 7.07. The van der Waals surface area contributed by atoms with Gasteiger partial charge in [0.1, 0.15) is 5.82 Å². The van der Waals surface area contributed by atoms with Crippen molar-refractivity contribution < 1.29 is 9.90 Å². The summed E-state index contributed by atoms with van der Waals surface area (Å²) in [5.74, 6) is 0.716. The lowest BCUT2D eigenvalue weighted by molar-refractivity contribution is 0.0681. The van der Waals surface area contributed by atoms with Gasteiger partial charge in [0.15, 0.2) is 5.69 Å². The molecule has 1 aromatic heterocycles. The molecule has 4 heteroatoms. The first kappa shape index (κ1) is 12.1. The van der Waals surface area contributed by atoms with Gasteiger partial charge in [0.05, 0.1) is 5.69 Å². The van der Waals surface area contributed by atoms with Crippen LogP contribution in [0.5, 0.6) is 0 Å². The molecular weight excluding hydrogens is 216 g/mol. The predicted octanol–water partition coefficient (Wildman–Crippen LogP) is 2.68. The molecule has 0 spiro atoms. The topological polar surface area (TPSA) is 55.1 Å². The van der Waals surface area contributed by atoms with Crippen molar-refractivity contribution >= 4 is 5.97 Å². The highest BCUT2D eigenvalue weighted by Crippen LogP contribution is 2.29. The number of carboxylic acids is 1. The van der Waals surface area contributed by atoms with E-state index in [1.165, 1.54) is 0 Å². The molecule has 0 unspecified atom stereocenters. The molecule has 1 aliphatic heterocycles. The van der Waals surface area contributed by atoms with Crippen molar-refractivity contribution in [2.45, 2.75) is 52.5 Å². The molecule has 1 aliphatic rings. The summed E-state index contributed by atoms with van der Waals surface area (Å²) < 4.78 is 1.90. The first-order valence-electron chi connectivity index (χ1n) is 6.35. The van der Waals surface area contributed by atoms with Crippen molar-refractivity contribution in [2.75, 3.05) is 0 Å². The third-order valence-electron chi connectivity index (χ3n) is 3.74. The minimum absolute atomic E-state index is 0.194. The molecule has 0 fully saturated rings. The Morgan fingerprint density at radius 1 is 1.35 bits per heavy atom. The number of carbonyl (C=O) groups is 1. The molecule has 0 aromatic carbocycles. The zero-order chi connectivity index (χ0) is 12.6. The van der Waals surface area contributed by atoms with E-state index < -0.39 is 5.97 Å². The molecule has 0 saturated heterocycles. The summed E-state index contributed by atoms with van der Waals surface area (Å²) in [5, 5.41) is 9.38. The summed E-state index contributed by atoms with van der Waals surface area (Å²) in [7, 11) is 0. The number of aromatic carboxylic acids is 1. The fourth-order valence-corrected chi connectivity index (χ4v) is 2.36. The standard InChI is InChI=1S/C13H20N2O2/c1-8(2)9(3)11-12(13(16)17)15-7-5-4-6-10(15)14-11/h8-9H,4-7H2,1-3H3,(H,16,17)/t9-/m0/s1. The Kier molecular flexibility index (Phi) is 3.22. The minimum Gasteiger partial charge on any atom is -0.477 e. The van der Waals surface area contributed by atoms with Crippen molar-refractivity contribution in [3.63, 3.8) is 0 Å². The summed E-state index contributed by atoms with van der Waals surface area (Å²) in [6, 6.07) is 0. The molecule has 1 aromatic rings. The normalized spacial score (nSPS) is 16.9. The second-order valence-electron chi connectivity index (χ2n) is 5.21. The highest BCUT2D eigenvalue weighted by molar-refractivity contribution is 5.87. The fraction of sp³-hybridized carbons (Fsp3) is 0.692. The van der Waals surface area contributed by atoms with E-state index in [4.69, 9.17) is 0 Å². The predicted molar refractivity (Wildman–Crippen MR) is 65.4 cm³/mol. The van der Waals surface area contributed by atoms with Gasteiger partial charge in [-0.25, -0.2) is 9.78 Å². The van der Waals surface area contributed by atoms with Gasteiger partial charge in [-0.2, -0.15) is 0 Å². The first-order valence-corrected chi connectivity index (χ1v) is 6.35. The lowest BCUT2D eigenvalue weighted by Crippen LogP contribution is -2.17.